The molecule has 1 rings (SSSR count). The maximum absolute atomic E-state index is 10.3. The number of carbonyl (C=O) groups is 1. The van der Waals surface area contributed by atoms with E-state index < -0.39 is 32.3 Å². The zero-order chi connectivity index (χ0) is 13.8. The van der Waals surface area contributed by atoms with Gasteiger partial charge in [-0.15, -0.1) is 0 Å². The maximum atomic E-state index is 10.3. The molecule has 9 nitrogen and oxygen atoms in total. The van der Waals surface area contributed by atoms with Crippen LogP contribution < -0.4 is 0 Å². The zero-order valence-corrected chi connectivity index (χ0v) is 9.14. The van der Waals surface area contributed by atoms with Crippen molar-refractivity contribution in [3.8, 4) is 17.2 Å². The predicted molar refractivity (Wildman–Crippen MR) is 53.0 cm³/mol. The van der Waals surface area contributed by atoms with E-state index in [0.717, 1.165) is 12.1 Å². The minimum Gasteiger partial charge on any atom is -0.504 e. The molecule has 0 fully saturated rings. The molecule has 0 unspecified atom stereocenters. The summed E-state index contributed by atoms with van der Waals surface area (Å²) in [5, 5.41) is 35.0. The summed E-state index contributed by atoms with van der Waals surface area (Å²) in [7, 11) is -4.61. The van der Waals surface area contributed by atoms with Crippen molar-refractivity contribution in [2.24, 2.45) is 0 Å². The highest BCUT2D eigenvalue weighted by Gasteiger charge is 2.22. The predicted octanol–water partition coefficient (Wildman–Crippen LogP) is -2.11. The van der Waals surface area contributed by atoms with Crippen LogP contribution in [-0.4, -0.2) is 54.6 Å². The summed E-state index contributed by atoms with van der Waals surface area (Å²) < 4.78 is 0. The second-order valence-corrected chi connectivity index (χ2v) is 3.97. The smallest absolute Gasteiger partial charge is 0.504 e. The Morgan fingerprint density at radius 1 is 0.941 bits per heavy atom. The number of hydrogen-bond acceptors (Lipinski definition) is 8. The fraction of sp³-hybridized carbons (Fsp3) is 0. The van der Waals surface area contributed by atoms with Gasteiger partial charge in [-0.3, -0.25) is 0 Å². The van der Waals surface area contributed by atoms with Crippen molar-refractivity contribution >= 4 is 15.0 Å². The van der Waals surface area contributed by atoms with E-state index >= 15 is 0 Å². The van der Waals surface area contributed by atoms with E-state index in [1.54, 1.807) is 0 Å². The van der Waals surface area contributed by atoms with Crippen LogP contribution in [0.2, 0.25) is 0 Å². The number of phenols is 3. The third-order valence-electron chi connectivity index (χ3n) is 1.32. The van der Waals surface area contributed by atoms with E-state index in [2.05, 4.69) is 0 Å². The summed E-state index contributed by atoms with van der Waals surface area (Å²) in [6.45, 7) is 0. The molecule has 0 atom stereocenters. The van der Waals surface area contributed by atoms with Gasteiger partial charge in [-0.2, -0.15) is 0 Å². The third kappa shape index (κ3) is 6.34. The molecule has 0 spiro atoms. The lowest BCUT2D eigenvalue weighted by Crippen LogP contribution is -2.33. The lowest BCUT2D eigenvalue weighted by molar-refractivity contribution is 0.0695. The lowest BCUT2D eigenvalue weighted by Gasteiger charge is -2.01. The molecule has 10 heteroatoms. The van der Waals surface area contributed by atoms with E-state index in [1.165, 1.54) is 0 Å². The number of carboxylic acids is 1. The van der Waals surface area contributed by atoms with Crippen molar-refractivity contribution in [3.63, 3.8) is 0 Å². The largest absolute Gasteiger partial charge is 0.668 e. The molecule has 0 bridgehead atoms. The number of aromatic carboxylic acids is 1. The lowest BCUT2D eigenvalue weighted by atomic mass is 10.2. The minimum atomic E-state index is -4.61. The van der Waals surface area contributed by atoms with Gasteiger partial charge in [0.1, 0.15) is 0 Å². The SMILES string of the molecule is O=C(O)c1cc(O)c(O)c(O)c1.O[Si](O)(O)O. The standard InChI is InChI=1S/C7H6O5.H4O4Si/c8-4-1-3(7(11)12)2-5(9)6(4)10;1-5(2,3)4/h1-2,8-10H,(H,11,12);1-4H. The quantitative estimate of drug-likeness (QED) is 0.208. The average Bonchev–Trinajstić information content (AvgIpc) is 2.10. The molecular weight excluding hydrogens is 256 g/mol. The Kier molecular flexibility index (Phi) is 4.87. The Morgan fingerprint density at radius 2 is 1.24 bits per heavy atom. The molecule has 8 N–H and O–H groups in total. The molecular formula is C7H10O9Si. The molecule has 0 amide bonds. The van der Waals surface area contributed by atoms with Crippen LogP contribution in [0.5, 0.6) is 17.2 Å². The van der Waals surface area contributed by atoms with Crippen molar-refractivity contribution in [3.05, 3.63) is 17.7 Å². The Morgan fingerprint density at radius 3 is 1.47 bits per heavy atom. The summed E-state index contributed by atoms with van der Waals surface area (Å²) in [4.78, 5) is 39.6. The van der Waals surface area contributed by atoms with Gasteiger partial charge in [-0.05, 0) is 12.1 Å². The molecule has 0 radical (unpaired) electrons. The van der Waals surface area contributed by atoms with Crippen LogP contribution in [-0.2, 0) is 0 Å². The van der Waals surface area contributed by atoms with Crippen molar-refractivity contribution in [1.82, 2.24) is 0 Å². The van der Waals surface area contributed by atoms with Crippen LogP contribution in [0.4, 0.5) is 0 Å². The molecule has 1 aromatic carbocycles. The number of aromatic hydroxyl groups is 3. The first-order valence-corrected chi connectivity index (χ1v) is 5.69. The van der Waals surface area contributed by atoms with Gasteiger partial charge in [-0.25, -0.2) is 4.79 Å². The molecule has 0 saturated heterocycles. The number of hydrogen-bond donors (Lipinski definition) is 8. The van der Waals surface area contributed by atoms with Crippen molar-refractivity contribution in [1.29, 1.82) is 0 Å². The Bertz CT molecular complexity index is 381. The summed E-state index contributed by atoms with van der Waals surface area (Å²) in [6, 6.07) is 1.69. The molecule has 17 heavy (non-hydrogen) atoms. The average molecular weight is 266 g/mol. The zero-order valence-electron chi connectivity index (χ0n) is 8.14. The summed E-state index contributed by atoms with van der Waals surface area (Å²) in [6.07, 6.45) is 0. The van der Waals surface area contributed by atoms with Gasteiger partial charge >= 0.3 is 15.0 Å². The van der Waals surface area contributed by atoms with Gasteiger partial charge in [-0.1, -0.05) is 0 Å². The summed E-state index contributed by atoms with van der Waals surface area (Å²) in [5.41, 5.74) is -0.289. The number of benzene rings is 1. The van der Waals surface area contributed by atoms with Crippen LogP contribution >= 0.6 is 0 Å². The van der Waals surface area contributed by atoms with Gasteiger partial charge in [0.15, 0.2) is 17.2 Å². The number of carboxylic acid groups (broad SMARTS) is 1. The molecule has 0 aliphatic carbocycles. The van der Waals surface area contributed by atoms with Gasteiger partial charge in [0.25, 0.3) is 0 Å². The highest BCUT2D eigenvalue weighted by atomic mass is 28.4. The molecule has 96 valence electrons. The molecule has 0 aromatic heterocycles. The van der Waals surface area contributed by atoms with Crippen LogP contribution in [0, 0.1) is 0 Å². The molecule has 0 aliphatic rings. The van der Waals surface area contributed by atoms with Crippen molar-refractivity contribution in [2.75, 3.05) is 0 Å². The van der Waals surface area contributed by atoms with E-state index in [-0.39, 0.29) is 5.56 Å². The minimum absolute atomic E-state index is 0.289. The number of rotatable bonds is 1. The summed E-state index contributed by atoms with van der Waals surface area (Å²) in [5.74, 6) is -3.33. The Balaban J connectivity index is 0.000000437. The van der Waals surface area contributed by atoms with Crippen LogP contribution in [0.25, 0.3) is 0 Å². The highest BCUT2D eigenvalue weighted by Crippen LogP contribution is 2.35. The van der Waals surface area contributed by atoms with Gasteiger partial charge in [0.2, 0.25) is 0 Å². The molecule has 0 heterocycles. The monoisotopic (exact) mass is 266 g/mol. The first kappa shape index (κ1) is 15.1. The van der Waals surface area contributed by atoms with Crippen LogP contribution in [0.15, 0.2) is 12.1 Å². The fourth-order valence-electron chi connectivity index (χ4n) is 0.728. The second kappa shape index (κ2) is 5.47. The first-order valence-electron chi connectivity index (χ1n) is 3.90. The van der Waals surface area contributed by atoms with Crippen molar-refractivity contribution in [2.45, 2.75) is 0 Å². The normalized spacial score (nSPS) is 10.4. The van der Waals surface area contributed by atoms with Crippen LogP contribution in [0.3, 0.4) is 0 Å². The topological polar surface area (TPSA) is 179 Å². The Labute approximate surface area is 95.2 Å². The first-order chi connectivity index (χ1) is 7.52. The summed E-state index contributed by atoms with van der Waals surface area (Å²) >= 11 is 0. The van der Waals surface area contributed by atoms with Gasteiger partial charge in [0, 0.05) is 0 Å². The highest BCUT2D eigenvalue weighted by molar-refractivity contribution is 6.46. The van der Waals surface area contributed by atoms with E-state index in [4.69, 9.17) is 39.6 Å². The van der Waals surface area contributed by atoms with Crippen molar-refractivity contribution < 1.29 is 44.4 Å². The number of phenolic OH excluding ortho intramolecular Hbond substituents is 3. The molecule has 0 aliphatic heterocycles. The molecule has 0 saturated carbocycles. The third-order valence-corrected chi connectivity index (χ3v) is 1.32. The van der Waals surface area contributed by atoms with Gasteiger partial charge < -0.3 is 39.6 Å². The van der Waals surface area contributed by atoms with E-state index in [1.807, 2.05) is 0 Å². The van der Waals surface area contributed by atoms with E-state index in [9.17, 15) is 4.79 Å². The molecule has 1 aromatic rings. The maximum Gasteiger partial charge on any atom is 0.668 e. The Hall–Kier alpha value is -1.85. The second-order valence-electron chi connectivity index (χ2n) is 2.77. The van der Waals surface area contributed by atoms with E-state index in [0.29, 0.717) is 0 Å². The van der Waals surface area contributed by atoms with Crippen LogP contribution in [0.1, 0.15) is 10.4 Å². The van der Waals surface area contributed by atoms with Gasteiger partial charge in [0.05, 0.1) is 5.56 Å². The fourth-order valence-corrected chi connectivity index (χ4v) is 0.728.